The molecule has 3 N–H and O–H groups in total. The van der Waals surface area contributed by atoms with E-state index in [1.54, 1.807) is 18.2 Å². The van der Waals surface area contributed by atoms with Gasteiger partial charge in [-0.15, -0.1) is 0 Å². The Morgan fingerprint density at radius 1 is 1.38 bits per heavy atom. The molecule has 1 amide bonds. The van der Waals surface area contributed by atoms with Crippen LogP contribution in [0.25, 0.3) is 0 Å². The second kappa shape index (κ2) is 5.75. The molecule has 4 heteroatoms. The van der Waals surface area contributed by atoms with E-state index in [-0.39, 0.29) is 11.9 Å². The van der Waals surface area contributed by atoms with Crippen molar-refractivity contribution in [2.24, 2.45) is 0 Å². The highest BCUT2D eigenvalue weighted by atomic mass is 35.5. The first-order valence-corrected chi connectivity index (χ1v) is 5.81. The van der Waals surface area contributed by atoms with Gasteiger partial charge in [0.15, 0.2) is 0 Å². The van der Waals surface area contributed by atoms with Crippen molar-refractivity contribution in [2.75, 3.05) is 5.73 Å². The molecule has 0 aliphatic carbocycles. The summed E-state index contributed by atoms with van der Waals surface area (Å²) >= 11 is 5.84. The van der Waals surface area contributed by atoms with Gasteiger partial charge in [-0.2, -0.15) is 0 Å². The molecule has 0 saturated carbocycles. The maximum Gasteiger partial charge on any atom is 0.251 e. The van der Waals surface area contributed by atoms with Crippen molar-refractivity contribution in [1.82, 2.24) is 5.32 Å². The lowest BCUT2D eigenvalue weighted by molar-refractivity contribution is 0.0935. The Kier molecular flexibility index (Phi) is 4.62. The first kappa shape index (κ1) is 12.8. The maximum absolute atomic E-state index is 11.9. The Bertz CT molecular complexity index is 355. The minimum absolute atomic E-state index is 0.122. The molecule has 1 aromatic rings. The topological polar surface area (TPSA) is 55.1 Å². The largest absolute Gasteiger partial charge is 0.399 e. The van der Waals surface area contributed by atoms with E-state index in [0.29, 0.717) is 16.3 Å². The minimum Gasteiger partial charge on any atom is -0.399 e. The van der Waals surface area contributed by atoms with Gasteiger partial charge in [-0.1, -0.05) is 25.4 Å². The first-order valence-electron chi connectivity index (χ1n) is 5.43. The Labute approximate surface area is 101 Å². The number of benzene rings is 1. The van der Waals surface area contributed by atoms with Crippen molar-refractivity contribution >= 4 is 23.2 Å². The van der Waals surface area contributed by atoms with Crippen LogP contribution in [0, 0.1) is 0 Å². The monoisotopic (exact) mass is 240 g/mol. The molecule has 1 aromatic carbocycles. The van der Waals surface area contributed by atoms with E-state index >= 15 is 0 Å². The lowest BCUT2D eigenvalue weighted by atomic mass is 10.1. The van der Waals surface area contributed by atoms with Gasteiger partial charge in [0.25, 0.3) is 5.91 Å². The van der Waals surface area contributed by atoms with E-state index in [1.807, 2.05) is 13.8 Å². The summed E-state index contributed by atoms with van der Waals surface area (Å²) in [6, 6.07) is 5.07. The number of halogens is 1. The SMILES string of the molecule is CCC(CC)NC(=O)c1cc(N)cc(Cl)c1. The number of hydrogen-bond donors (Lipinski definition) is 2. The van der Waals surface area contributed by atoms with Crippen molar-refractivity contribution in [2.45, 2.75) is 32.7 Å². The second-order valence-electron chi connectivity index (χ2n) is 3.76. The number of amides is 1. The predicted octanol–water partition coefficient (Wildman–Crippen LogP) is 2.84. The van der Waals surface area contributed by atoms with Crippen LogP contribution in [0.15, 0.2) is 18.2 Å². The molecule has 0 atom stereocenters. The third-order valence-corrected chi connectivity index (χ3v) is 2.72. The minimum atomic E-state index is -0.122. The number of nitrogens with two attached hydrogens (primary N) is 1. The van der Waals surface area contributed by atoms with Gasteiger partial charge in [0.1, 0.15) is 0 Å². The van der Waals surface area contributed by atoms with E-state index in [1.165, 1.54) is 0 Å². The summed E-state index contributed by atoms with van der Waals surface area (Å²) in [6.45, 7) is 4.08. The summed E-state index contributed by atoms with van der Waals surface area (Å²) in [5.41, 5.74) is 6.64. The zero-order valence-electron chi connectivity index (χ0n) is 9.59. The van der Waals surface area contributed by atoms with Crippen LogP contribution in [0.2, 0.25) is 5.02 Å². The van der Waals surface area contributed by atoms with Crippen molar-refractivity contribution in [3.63, 3.8) is 0 Å². The van der Waals surface area contributed by atoms with Crippen molar-refractivity contribution in [1.29, 1.82) is 0 Å². The van der Waals surface area contributed by atoms with Crippen molar-refractivity contribution < 1.29 is 4.79 Å². The smallest absolute Gasteiger partial charge is 0.251 e. The van der Waals surface area contributed by atoms with Crippen molar-refractivity contribution in [3.05, 3.63) is 28.8 Å². The Hall–Kier alpha value is -1.22. The van der Waals surface area contributed by atoms with Gasteiger partial charge in [0, 0.05) is 22.3 Å². The Balaban J connectivity index is 2.80. The summed E-state index contributed by atoms with van der Waals surface area (Å²) in [4.78, 5) is 11.9. The number of carbonyl (C=O) groups is 1. The van der Waals surface area contributed by atoms with Crippen LogP contribution in [-0.2, 0) is 0 Å². The lowest BCUT2D eigenvalue weighted by Crippen LogP contribution is -2.33. The molecule has 0 radical (unpaired) electrons. The zero-order chi connectivity index (χ0) is 12.1. The van der Waals surface area contributed by atoms with Crippen LogP contribution in [0.1, 0.15) is 37.0 Å². The molecule has 0 heterocycles. The molecular formula is C12H17ClN2O. The third kappa shape index (κ3) is 3.42. The molecule has 0 fully saturated rings. The maximum atomic E-state index is 11.9. The molecule has 0 bridgehead atoms. The van der Waals surface area contributed by atoms with Crippen LogP contribution >= 0.6 is 11.6 Å². The second-order valence-corrected chi connectivity index (χ2v) is 4.20. The molecule has 16 heavy (non-hydrogen) atoms. The van der Waals surface area contributed by atoms with Crippen LogP contribution in [-0.4, -0.2) is 11.9 Å². The van der Waals surface area contributed by atoms with Crippen molar-refractivity contribution in [3.8, 4) is 0 Å². The average molecular weight is 241 g/mol. The van der Waals surface area contributed by atoms with E-state index in [2.05, 4.69) is 5.32 Å². The van der Waals surface area contributed by atoms with Gasteiger partial charge < -0.3 is 11.1 Å². The van der Waals surface area contributed by atoms with E-state index in [9.17, 15) is 4.79 Å². The first-order chi connectivity index (χ1) is 7.56. The third-order valence-electron chi connectivity index (χ3n) is 2.50. The number of anilines is 1. The predicted molar refractivity (Wildman–Crippen MR) is 67.7 cm³/mol. The Morgan fingerprint density at radius 2 is 2.00 bits per heavy atom. The zero-order valence-corrected chi connectivity index (χ0v) is 10.3. The van der Waals surface area contributed by atoms with Gasteiger partial charge in [-0.05, 0) is 31.0 Å². The highest BCUT2D eigenvalue weighted by Gasteiger charge is 2.11. The highest BCUT2D eigenvalue weighted by molar-refractivity contribution is 6.31. The molecule has 0 aromatic heterocycles. The summed E-state index contributed by atoms with van der Waals surface area (Å²) in [5.74, 6) is -0.122. The van der Waals surface area contributed by atoms with Gasteiger partial charge in [-0.3, -0.25) is 4.79 Å². The molecule has 1 rings (SSSR count). The molecule has 0 unspecified atom stereocenters. The number of hydrogen-bond acceptors (Lipinski definition) is 2. The molecule has 0 aliphatic rings. The van der Waals surface area contributed by atoms with E-state index in [4.69, 9.17) is 17.3 Å². The van der Waals surface area contributed by atoms with Gasteiger partial charge in [-0.25, -0.2) is 0 Å². The number of nitrogen functional groups attached to an aromatic ring is 1. The Morgan fingerprint density at radius 3 is 2.50 bits per heavy atom. The summed E-state index contributed by atoms with van der Waals surface area (Å²) in [7, 11) is 0. The molecule has 0 spiro atoms. The van der Waals surface area contributed by atoms with Crippen LogP contribution in [0.3, 0.4) is 0 Å². The summed E-state index contributed by atoms with van der Waals surface area (Å²) in [5, 5.41) is 3.42. The normalized spacial score (nSPS) is 10.5. The number of nitrogens with one attached hydrogen (secondary N) is 1. The van der Waals surface area contributed by atoms with Gasteiger partial charge in [0.2, 0.25) is 0 Å². The highest BCUT2D eigenvalue weighted by Crippen LogP contribution is 2.16. The molecule has 0 aliphatic heterocycles. The molecular weight excluding hydrogens is 224 g/mol. The average Bonchev–Trinajstić information content (AvgIpc) is 2.24. The van der Waals surface area contributed by atoms with Gasteiger partial charge >= 0.3 is 0 Å². The fraction of sp³-hybridized carbons (Fsp3) is 0.417. The molecule has 0 saturated heterocycles. The molecule has 3 nitrogen and oxygen atoms in total. The van der Waals surface area contributed by atoms with Crippen LogP contribution in [0.4, 0.5) is 5.69 Å². The van der Waals surface area contributed by atoms with E-state index < -0.39 is 0 Å². The number of rotatable bonds is 4. The van der Waals surface area contributed by atoms with Gasteiger partial charge in [0.05, 0.1) is 0 Å². The summed E-state index contributed by atoms with van der Waals surface area (Å²) < 4.78 is 0. The van der Waals surface area contributed by atoms with Crippen LogP contribution in [0.5, 0.6) is 0 Å². The quantitative estimate of drug-likeness (QED) is 0.796. The number of carbonyl (C=O) groups excluding carboxylic acids is 1. The standard InChI is InChI=1S/C12H17ClN2O/c1-3-11(4-2)15-12(16)8-5-9(13)7-10(14)6-8/h5-7,11H,3-4,14H2,1-2H3,(H,15,16). The van der Waals surface area contributed by atoms with Crippen LogP contribution < -0.4 is 11.1 Å². The van der Waals surface area contributed by atoms with E-state index in [0.717, 1.165) is 12.8 Å². The summed E-state index contributed by atoms with van der Waals surface area (Å²) in [6.07, 6.45) is 1.83. The fourth-order valence-corrected chi connectivity index (χ4v) is 1.75. The lowest BCUT2D eigenvalue weighted by Gasteiger charge is -2.14. The molecule has 88 valence electrons. The fourth-order valence-electron chi connectivity index (χ4n) is 1.50.